The molecule has 3 heterocycles. The molecule has 1 aromatic heterocycles. The minimum Gasteiger partial charge on any atom is -0.469 e. The molecule has 2 saturated heterocycles. The molecule has 1 unspecified atom stereocenters. The number of furan rings is 1. The summed E-state index contributed by atoms with van der Waals surface area (Å²) in [6.07, 6.45) is 4.49. The van der Waals surface area contributed by atoms with E-state index in [2.05, 4.69) is 10.2 Å². The summed E-state index contributed by atoms with van der Waals surface area (Å²) in [6, 6.07) is 2.52. The molecule has 2 aliphatic rings. The number of hydrogen-bond acceptors (Lipinski definition) is 5. The molecule has 0 aromatic carbocycles. The predicted molar refractivity (Wildman–Crippen MR) is 105 cm³/mol. The minimum absolute atomic E-state index is 0.0677. The van der Waals surface area contributed by atoms with Crippen LogP contribution in [0, 0.1) is 6.92 Å². The summed E-state index contributed by atoms with van der Waals surface area (Å²) >= 11 is 0. The van der Waals surface area contributed by atoms with Crippen molar-refractivity contribution in [1.29, 1.82) is 0 Å². The van der Waals surface area contributed by atoms with Crippen LogP contribution in [0.2, 0.25) is 0 Å². The summed E-state index contributed by atoms with van der Waals surface area (Å²) in [6.45, 7) is 6.19. The molecule has 2 aliphatic heterocycles. The van der Waals surface area contributed by atoms with Gasteiger partial charge >= 0.3 is 6.03 Å². The summed E-state index contributed by atoms with van der Waals surface area (Å²) in [5, 5.41) is 3.01. The van der Waals surface area contributed by atoms with E-state index < -0.39 is 0 Å². The Bertz CT molecular complexity index is 669. The maximum Gasteiger partial charge on any atom is 0.319 e. The summed E-state index contributed by atoms with van der Waals surface area (Å²) in [5.74, 6) is 0.529. The van der Waals surface area contributed by atoms with Gasteiger partial charge in [-0.1, -0.05) is 0 Å². The quantitative estimate of drug-likeness (QED) is 0.795. The highest BCUT2D eigenvalue weighted by Gasteiger charge is 2.34. The number of carbonyl (C=O) groups excluding carboxylic acids is 2. The van der Waals surface area contributed by atoms with Crippen LogP contribution in [0.25, 0.3) is 0 Å². The molecule has 3 amide bonds. The number of likely N-dealkylation sites (tertiary alicyclic amines) is 1. The molecule has 1 atom stereocenters. The van der Waals surface area contributed by atoms with Gasteiger partial charge in [-0.25, -0.2) is 4.79 Å². The Morgan fingerprint density at radius 1 is 1.21 bits per heavy atom. The lowest BCUT2D eigenvalue weighted by atomic mass is 10.0. The molecule has 0 aliphatic carbocycles. The van der Waals surface area contributed by atoms with Crippen molar-refractivity contribution in [2.75, 3.05) is 53.5 Å². The molecule has 1 N–H and O–H groups in total. The van der Waals surface area contributed by atoms with Crippen molar-refractivity contribution in [2.24, 2.45) is 0 Å². The first-order chi connectivity index (χ1) is 13.5. The minimum atomic E-state index is -0.103. The number of aryl methyl sites for hydroxylation is 1. The summed E-state index contributed by atoms with van der Waals surface area (Å²) in [7, 11) is 3.58. The molecule has 156 valence electrons. The first kappa shape index (κ1) is 20.7. The van der Waals surface area contributed by atoms with Gasteiger partial charge in [-0.05, 0) is 32.3 Å². The Labute approximate surface area is 166 Å². The van der Waals surface area contributed by atoms with E-state index in [1.54, 1.807) is 32.0 Å². The predicted octanol–water partition coefficient (Wildman–Crippen LogP) is 1.55. The SMILES string of the molecule is Cc1occc1C(=O)NCCN(C1CCOCC1)C1CCN(C(=O)N(C)C)C1. The number of nitrogens with zero attached hydrogens (tertiary/aromatic N) is 3. The fourth-order valence-corrected chi connectivity index (χ4v) is 4.16. The highest BCUT2D eigenvalue weighted by molar-refractivity contribution is 5.95. The Hall–Kier alpha value is -2.06. The van der Waals surface area contributed by atoms with Crippen LogP contribution in [0.4, 0.5) is 4.79 Å². The third-order valence-electron chi connectivity index (χ3n) is 5.70. The lowest BCUT2D eigenvalue weighted by molar-refractivity contribution is 0.0188. The van der Waals surface area contributed by atoms with Gasteiger partial charge in [0.05, 0.1) is 11.8 Å². The first-order valence-corrected chi connectivity index (χ1v) is 10.1. The van der Waals surface area contributed by atoms with E-state index in [1.165, 1.54) is 6.26 Å². The van der Waals surface area contributed by atoms with Crippen molar-refractivity contribution in [1.82, 2.24) is 20.0 Å². The molecule has 0 spiro atoms. The van der Waals surface area contributed by atoms with E-state index in [1.807, 2.05) is 4.90 Å². The van der Waals surface area contributed by atoms with Crippen molar-refractivity contribution < 1.29 is 18.7 Å². The van der Waals surface area contributed by atoms with E-state index >= 15 is 0 Å². The van der Waals surface area contributed by atoms with Gasteiger partial charge in [-0.3, -0.25) is 9.69 Å². The van der Waals surface area contributed by atoms with Gasteiger partial charge in [-0.15, -0.1) is 0 Å². The maximum atomic E-state index is 12.4. The first-order valence-electron chi connectivity index (χ1n) is 10.1. The van der Waals surface area contributed by atoms with E-state index in [0.717, 1.165) is 52.1 Å². The monoisotopic (exact) mass is 392 g/mol. The zero-order valence-corrected chi connectivity index (χ0v) is 17.1. The molecule has 0 radical (unpaired) electrons. The number of urea groups is 1. The average molecular weight is 393 g/mol. The Morgan fingerprint density at radius 2 is 1.96 bits per heavy atom. The Kier molecular flexibility index (Phi) is 6.96. The smallest absolute Gasteiger partial charge is 0.319 e. The summed E-state index contributed by atoms with van der Waals surface area (Å²) in [4.78, 5) is 30.7. The van der Waals surface area contributed by atoms with E-state index in [-0.39, 0.29) is 11.9 Å². The molecule has 0 saturated carbocycles. The number of nitrogens with one attached hydrogen (secondary N) is 1. The summed E-state index contributed by atoms with van der Waals surface area (Å²) in [5.41, 5.74) is 0.584. The Morgan fingerprint density at radius 3 is 2.61 bits per heavy atom. The topological polar surface area (TPSA) is 78.3 Å². The largest absolute Gasteiger partial charge is 0.469 e. The summed E-state index contributed by atoms with van der Waals surface area (Å²) < 4.78 is 10.7. The highest BCUT2D eigenvalue weighted by atomic mass is 16.5. The van der Waals surface area contributed by atoms with Crippen LogP contribution in [-0.2, 0) is 4.74 Å². The second-order valence-corrected chi connectivity index (χ2v) is 7.79. The second kappa shape index (κ2) is 9.43. The van der Waals surface area contributed by atoms with Gasteiger partial charge in [0.25, 0.3) is 5.91 Å². The zero-order chi connectivity index (χ0) is 20.1. The molecule has 3 rings (SSSR count). The van der Waals surface area contributed by atoms with Gasteiger partial charge in [0, 0.05) is 65.6 Å². The van der Waals surface area contributed by atoms with E-state index in [9.17, 15) is 9.59 Å². The van der Waals surface area contributed by atoms with Crippen LogP contribution in [0.1, 0.15) is 35.4 Å². The molecule has 8 nitrogen and oxygen atoms in total. The standard InChI is InChI=1S/C20H32N4O4/c1-15-18(7-13-28-15)19(25)21-8-10-24(16-5-11-27-12-6-16)17-4-9-23(14-17)20(26)22(2)3/h7,13,16-17H,4-6,8-12,14H2,1-3H3,(H,21,25). The van der Waals surface area contributed by atoms with Crippen molar-refractivity contribution in [3.8, 4) is 0 Å². The molecule has 8 heteroatoms. The normalized spacial score (nSPS) is 20.6. The second-order valence-electron chi connectivity index (χ2n) is 7.79. The third kappa shape index (κ3) is 4.86. The van der Waals surface area contributed by atoms with E-state index in [4.69, 9.17) is 9.15 Å². The van der Waals surface area contributed by atoms with Crippen LogP contribution in [0.3, 0.4) is 0 Å². The van der Waals surface area contributed by atoms with E-state index in [0.29, 0.717) is 30.0 Å². The number of rotatable bonds is 6. The fourth-order valence-electron chi connectivity index (χ4n) is 4.16. The highest BCUT2D eigenvalue weighted by Crippen LogP contribution is 2.23. The van der Waals surface area contributed by atoms with Crippen molar-refractivity contribution in [2.45, 2.75) is 38.3 Å². The van der Waals surface area contributed by atoms with Gasteiger partial charge in [0.15, 0.2) is 0 Å². The Balaban J connectivity index is 1.59. The van der Waals surface area contributed by atoms with Crippen molar-refractivity contribution >= 4 is 11.9 Å². The van der Waals surface area contributed by atoms with Gasteiger partial charge in [0.1, 0.15) is 5.76 Å². The number of ether oxygens (including phenoxy) is 1. The zero-order valence-electron chi connectivity index (χ0n) is 17.1. The molecular weight excluding hydrogens is 360 g/mol. The van der Waals surface area contributed by atoms with Crippen LogP contribution in [-0.4, -0.2) is 92.2 Å². The molecule has 1 aromatic rings. The molecule has 0 bridgehead atoms. The average Bonchev–Trinajstić information content (AvgIpc) is 3.34. The van der Waals surface area contributed by atoms with Gasteiger partial charge in [0.2, 0.25) is 0 Å². The molecule has 2 fully saturated rings. The molecule has 28 heavy (non-hydrogen) atoms. The van der Waals surface area contributed by atoms with Gasteiger partial charge in [-0.2, -0.15) is 0 Å². The van der Waals surface area contributed by atoms with Crippen LogP contribution in [0.5, 0.6) is 0 Å². The third-order valence-corrected chi connectivity index (χ3v) is 5.70. The van der Waals surface area contributed by atoms with Crippen LogP contribution >= 0.6 is 0 Å². The van der Waals surface area contributed by atoms with Crippen LogP contribution in [0.15, 0.2) is 16.7 Å². The van der Waals surface area contributed by atoms with Gasteiger partial charge < -0.3 is 24.3 Å². The maximum absolute atomic E-state index is 12.4. The number of amides is 3. The van der Waals surface area contributed by atoms with Crippen molar-refractivity contribution in [3.05, 3.63) is 23.7 Å². The lowest BCUT2D eigenvalue weighted by Gasteiger charge is -2.38. The van der Waals surface area contributed by atoms with Crippen molar-refractivity contribution in [3.63, 3.8) is 0 Å². The lowest BCUT2D eigenvalue weighted by Crippen LogP contribution is -2.50. The van der Waals surface area contributed by atoms with Crippen LogP contribution < -0.4 is 5.32 Å². The number of carbonyl (C=O) groups is 2. The fraction of sp³-hybridized carbons (Fsp3) is 0.700. The number of hydrogen-bond donors (Lipinski definition) is 1. The molecular formula is C20H32N4O4.